The van der Waals surface area contributed by atoms with Crippen molar-refractivity contribution in [3.8, 4) is 28.6 Å². The van der Waals surface area contributed by atoms with Gasteiger partial charge in [0, 0.05) is 24.2 Å². The lowest BCUT2D eigenvalue weighted by Gasteiger charge is -2.31. The van der Waals surface area contributed by atoms with Crippen molar-refractivity contribution < 1.29 is 18.8 Å². The van der Waals surface area contributed by atoms with Gasteiger partial charge in [-0.3, -0.25) is 0 Å². The highest BCUT2D eigenvalue weighted by molar-refractivity contribution is 6.32. The molecule has 0 bridgehead atoms. The molecule has 2 heterocycles. The average Bonchev–Trinajstić information content (AvgIpc) is 3.23. The third-order valence-corrected chi connectivity index (χ3v) is 5.42. The molecule has 174 valence electrons. The number of halogens is 1. The van der Waals surface area contributed by atoms with E-state index in [2.05, 4.69) is 10.1 Å². The summed E-state index contributed by atoms with van der Waals surface area (Å²) in [4.78, 5) is 18.8. The minimum Gasteiger partial charge on any atom is -0.489 e. The van der Waals surface area contributed by atoms with Crippen LogP contribution in [-0.2, 0) is 17.7 Å². The summed E-state index contributed by atoms with van der Waals surface area (Å²) in [6.45, 7) is 10.5. The van der Waals surface area contributed by atoms with Gasteiger partial charge >= 0.3 is 6.09 Å². The predicted octanol–water partition coefficient (Wildman–Crippen LogP) is 6.14. The maximum atomic E-state index is 12.5. The van der Waals surface area contributed by atoms with Gasteiger partial charge in [-0.15, -0.1) is 0 Å². The molecule has 0 saturated heterocycles. The second kappa shape index (κ2) is 9.06. The lowest BCUT2D eigenvalue weighted by Crippen LogP contribution is -2.40. The van der Waals surface area contributed by atoms with Gasteiger partial charge in [0.25, 0.3) is 5.89 Å². The molecule has 33 heavy (non-hydrogen) atoms. The molecule has 0 atom stereocenters. The van der Waals surface area contributed by atoms with Gasteiger partial charge < -0.3 is 18.9 Å². The number of ether oxygens (including phenoxy) is 2. The molecule has 1 aliphatic rings. The summed E-state index contributed by atoms with van der Waals surface area (Å²) in [6, 6.07) is 11.3. The zero-order chi connectivity index (χ0) is 23.8. The molecule has 1 amide bonds. The van der Waals surface area contributed by atoms with E-state index in [4.69, 9.17) is 25.6 Å². The van der Waals surface area contributed by atoms with E-state index in [-0.39, 0.29) is 12.2 Å². The molecule has 0 aliphatic carbocycles. The molecule has 2 aromatic carbocycles. The highest BCUT2D eigenvalue weighted by atomic mass is 35.5. The largest absolute Gasteiger partial charge is 0.489 e. The highest BCUT2D eigenvalue weighted by Crippen LogP contribution is 2.33. The molecule has 1 aliphatic heterocycles. The molecule has 0 fully saturated rings. The average molecular weight is 470 g/mol. The van der Waals surface area contributed by atoms with Crippen LogP contribution in [0, 0.1) is 0 Å². The van der Waals surface area contributed by atoms with E-state index < -0.39 is 5.60 Å². The minimum atomic E-state index is -0.526. The molecule has 0 spiro atoms. The number of hydrogen-bond acceptors (Lipinski definition) is 6. The number of fused-ring (bicyclic) bond motifs is 1. The van der Waals surface area contributed by atoms with Crippen LogP contribution in [0.1, 0.15) is 45.7 Å². The number of hydrogen-bond donors (Lipinski definition) is 0. The molecule has 8 heteroatoms. The van der Waals surface area contributed by atoms with Crippen molar-refractivity contribution in [2.45, 2.75) is 59.3 Å². The van der Waals surface area contributed by atoms with E-state index in [0.717, 1.165) is 22.3 Å². The maximum Gasteiger partial charge on any atom is 0.410 e. The van der Waals surface area contributed by atoms with Crippen molar-refractivity contribution in [2.24, 2.45) is 0 Å². The van der Waals surface area contributed by atoms with Crippen LogP contribution < -0.4 is 4.74 Å². The second-order valence-electron chi connectivity index (χ2n) is 9.33. The summed E-state index contributed by atoms with van der Waals surface area (Å²) in [6.07, 6.45) is 0.405. The molecular formula is C25H28ClN3O4. The van der Waals surface area contributed by atoms with Crippen molar-refractivity contribution >= 4 is 17.7 Å². The Morgan fingerprint density at radius 1 is 1.21 bits per heavy atom. The first-order valence-corrected chi connectivity index (χ1v) is 11.4. The number of nitrogens with zero attached hydrogens (tertiary/aromatic N) is 3. The lowest BCUT2D eigenvalue weighted by molar-refractivity contribution is 0.0224. The van der Waals surface area contributed by atoms with Gasteiger partial charge in [0.05, 0.1) is 11.1 Å². The van der Waals surface area contributed by atoms with E-state index in [9.17, 15) is 4.79 Å². The monoisotopic (exact) mass is 469 g/mol. The fourth-order valence-corrected chi connectivity index (χ4v) is 3.96. The van der Waals surface area contributed by atoms with Crippen LogP contribution in [0.3, 0.4) is 0 Å². The van der Waals surface area contributed by atoms with Gasteiger partial charge in [-0.25, -0.2) is 4.79 Å². The van der Waals surface area contributed by atoms with Crippen molar-refractivity contribution in [1.29, 1.82) is 0 Å². The third-order valence-electron chi connectivity index (χ3n) is 5.13. The van der Waals surface area contributed by atoms with Gasteiger partial charge in [-0.1, -0.05) is 35.0 Å². The van der Waals surface area contributed by atoms with Gasteiger partial charge in [0.2, 0.25) is 5.82 Å². The topological polar surface area (TPSA) is 77.7 Å². The maximum absolute atomic E-state index is 12.5. The fraction of sp³-hybridized carbons (Fsp3) is 0.400. The van der Waals surface area contributed by atoms with Crippen LogP contribution in [-0.4, -0.2) is 39.4 Å². The zero-order valence-electron chi connectivity index (χ0n) is 19.5. The summed E-state index contributed by atoms with van der Waals surface area (Å²) in [5, 5.41) is 4.69. The lowest BCUT2D eigenvalue weighted by atomic mass is 9.94. The first-order valence-electron chi connectivity index (χ1n) is 11.0. The Kier molecular flexibility index (Phi) is 6.34. The molecule has 0 unspecified atom stereocenters. The van der Waals surface area contributed by atoms with E-state index in [1.807, 2.05) is 58.9 Å². The van der Waals surface area contributed by atoms with Crippen molar-refractivity contribution in [2.75, 3.05) is 6.54 Å². The quantitative estimate of drug-likeness (QED) is 0.457. The van der Waals surface area contributed by atoms with E-state index in [1.54, 1.807) is 17.0 Å². The van der Waals surface area contributed by atoms with Crippen molar-refractivity contribution in [3.05, 3.63) is 52.5 Å². The molecule has 0 N–H and O–H groups in total. The number of rotatable bonds is 4. The standard InChI is InChI=1S/C25H28ClN3O4/c1-15(2)31-21-10-9-16(13-20(21)26)23-27-22(28-33-23)19-8-6-7-17-14-29(12-11-18(17)19)24(30)32-25(3,4)5/h6-10,13,15H,11-12,14H2,1-5H3. The Hall–Kier alpha value is -3.06. The van der Waals surface area contributed by atoms with Crippen LogP contribution >= 0.6 is 11.6 Å². The Bertz CT molecular complexity index is 1170. The minimum absolute atomic E-state index is 0.0267. The molecule has 0 radical (unpaired) electrons. The summed E-state index contributed by atoms with van der Waals surface area (Å²) in [5.74, 6) is 1.50. The summed E-state index contributed by atoms with van der Waals surface area (Å²) in [7, 11) is 0. The fourth-order valence-electron chi connectivity index (χ4n) is 3.73. The van der Waals surface area contributed by atoms with Crippen LogP contribution in [0.4, 0.5) is 4.79 Å². The van der Waals surface area contributed by atoms with E-state index in [1.165, 1.54) is 0 Å². The van der Waals surface area contributed by atoms with Gasteiger partial charge in [0.15, 0.2) is 0 Å². The SMILES string of the molecule is CC(C)Oc1ccc(-c2nc(-c3cccc4c3CCN(C(=O)OC(C)(C)C)C4)no2)cc1Cl. The predicted molar refractivity (Wildman–Crippen MR) is 126 cm³/mol. The number of carbonyl (C=O) groups is 1. The van der Waals surface area contributed by atoms with Gasteiger partial charge in [-0.2, -0.15) is 4.98 Å². The van der Waals surface area contributed by atoms with E-state index in [0.29, 0.717) is 42.0 Å². The molecule has 1 aromatic heterocycles. The van der Waals surface area contributed by atoms with Gasteiger partial charge in [0.1, 0.15) is 11.4 Å². The number of aromatic nitrogens is 2. The Labute approximate surface area is 198 Å². The number of amides is 1. The van der Waals surface area contributed by atoms with Crippen LogP contribution in [0.2, 0.25) is 5.02 Å². The first-order chi connectivity index (χ1) is 15.6. The summed E-state index contributed by atoms with van der Waals surface area (Å²) < 4.78 is 16.8. The summed E-state index contributed by atoms with van der Waals surface area (Å²) >= 11 is 6.36. The number of carbonyl (C=O) groups excluding carboxylic acids is 1. The zero-order valence-corrected chi connectivity index (χ0v) is 20.3. The van der Waals surface area contributed by atoms with Crippen LogP contribution in [0.25, 0.3) is 22.8 Å². The Morgan fingerprint density at radius 2 is 2.00 bits per heavy atom. The van der Waals surface area contributed by atoms with E-state index >= 15 is 0 Å². The highest BCUT2D eigenvalue weighted by Gasteiger charge is 2.27. The first kappa shape index (κ1) is 23.1. The molecule has 4 rings (SSSR count). The molecule has 3 aromatic rings. The summed E-state index contributed by atoms with van der Waals surface area (Å²) in [5.41, 5.74) is 3.26. The van der Waals surface area contributed by atoms with Gasteiger partial charge in [-0.05, 0) is 70.4 Å². The smallest absolute Gasteiger partial charge is 0.410 e. The van der Waals surface area contributed by atoms with Crippen molar-refractivity contribution in [1.82, 2.24) is 15.0 Å². The number of benzene rings is 2. The van der Waals surface area contributed by atoms with Crippen LogP contribution in [0.15, 0.2) is 40.9 Å². The van der Waals surface area contributed by atoms with Crippen LogP contribution in [0.5, 0.6) is 5.75 Å². The Balaban J connectivity index is 1.56. The molecule has 7 nitrogen and oxygen atoms in total. The molecular weight excluding hydrogens is 442 g/mol. The Morgan fingerprint density at radius 3 is 2.70 bits per heavy atom. The third kappa shape index (κ3) is 5.30. The molecule has 0 saturated carbocycles. The van der Waals surface area contributed by atoms with Crippen molar-refractivity contribution in [3.63, 3.8) is 0 Å². The normalized spacial score (nSPS) is 13.7. The second-order valence-corrected chi connectivity index (χ2v) is 9.74.